The van der Waals surface area contributed by atoms with E-state index in [0.29, 0.717) is 29.7 Å². The van der Waals surface area contributed by atoms with Crippen molar-refractivity contribution in [1.29, 1.82) is 0 Å². The van der Waals surface area contributed by atoms with Crippen LogP contribution in [0.1, 0.15) is 20.3 Å². The van der Waals surface area contributed by atoms with Gasteiger partial charge in [-0.25, -0.2) is 8.42 Å². The van der Waals surface area contributed by atoms with Crippen LogP contribution in [0.5, 0.6) is 5.75 Å². The number of hydrogen-bond donors (Lipinski definition) is 1. The molecule has 0 aliphatic carbocycles. The number of rotatable bonds is 11. The molecule has 0 bridgehead atoms. The number of carbonyl (C=O) groups is 1. The second-order valence-corrected chi connectivity index (χ2v) is 9.51. The second kappa shape index (κ2) is 11.3. The fourth-order valence-corrected chi connectivity index (χ4v) is 4.80. The van der Waals surface area contributed by atoms with Crippen LogP contribution in [0, 0.1) is 0 Å². The maximum atomic E-state index is 13.5. The Morgan fingerprint density at radius 3 is 2.50 bits per heavy atom. The van der Waals surface area contributed by atoms with Gasteiger partial charge < -0.3 is 14.8 Å². The molecule has 1 amide bonds. The van der Waals surface area contributed by atoms with Crippen LogP contribution in [0.25, 0.3) is 0 Å². The summed E-state index contributed by atoms with van der Waals surface area (Å²) in [5.41, 5.74) is 0.387. The fourth-order valence-electron chi connectivity index (χ4n) is 2.69. The SMILES string of the molecule is COc1ccc(Br)cc1S(=O)(=O)N(CC(=O)NCCCOC(C)C)c1ccccc1. The highest BCUT2D eigenvalue weighted by Gasteiger charge is 2.30. The monoisotopic (exact) mass is 498 g/mol. The Hall–Kier alpha value is -2.10. The zero-order valence-electron chi connectivity index (χ0n) is 17.3. The van der Waals surface area contributed by atoms with E-state index in [0.717, 1.165) is 4.31 Å². The molecule has 0 saturated carbocycles. The van der Waals surface area contributed by atoms with Gasteiger partial charge in [0.05, 0.1) is 18.9 Å². The van der Waals surface area contributed by atoms with E-state index >= 15 is 0 Å². The van der Waals surface area contributed by atoms with Crippen molar-refractivity contribution in [2.45, 2.75) is 31.3 Å². The molecule has 0 unspecified atom stereocenters. The van der Waals surface area contributed by atoms with Crippen LogP contribution >= 0.6 is 15.9 Å². The second-order valence-electron chi connectivity index (χ2n) is 6.77. The third-order valence-corrected chi connectivity index (χ3v) is 6.41. The van der Waals surface area contributed by atoms with Gasteiger partial charge >= 0.3 is 0 Å². The zero-order chi connectivity index (χ0) is 22.1. The summed E-state index contributed by atoms with van der Waals surface area (Å²) < 4.78 is 39.3. The standard InChI is InChI=1S/C21H27BrN2O5S/c1-16(2)29-13-7-12-23-21(25)15-24(18-8-5-4-6-9-18)30(26,27)20-14-17(22)10-11-19(20)28-3/h4-6,8-11,14,16H,7,12-13,15H2,1-3H3,(H,23,25). The molecule has 2 aromatic rings. The third kappa shape index (κ3) is 6.72. The van der Waals surface area contributed by atoms with Gasteiger partial charge in [-0.1, -0.05) is 34.1 Å². The maximum absolute atomic E-state index is 13.5. The van der Waals surface area contributed by atoms with E-state index in [1.807, 2.05) is 13.8 Å². The molecule has 0 spiro atoms. The average molecular weight is 499 g/mol. The molecule has 30 heavy (non-hydrogen) atoms. The molecule has 0 fully saturated rings. The molecule has 0 heterocycles. The summed E-state index contributed by atoms with van der Waals surface area (Å²) in [5, 5.41) is 2.75. The van der Waals surface area contributed by atoms with Crippen molar-refractivity contribution in [3.63, 3.8) is 0 Å². The molecule has 2 rings (SSSR count). The third-order valence-electron chi connectivity index (χ3n) is 4.12. The van der Waals surface area contributed by atoms with Crippen LogP contribution in [-0.4, -0.2) is 47.2 Å². The van der Waals surface area contributed by atoms with Crippen LogP contribution in [0.2, 0.25) is 0 Å². The molecule has 2 aromatic carbocycles. The number of hydrogen-bond acceptors (Lipinski definition) is 5. The lowest BCUT2D eigenvalue weighted by molar-refractivity contribution is -0.119. The molecule has 9 heteroatoms. The Labute approximate surface area is 186 Å². The van der Waals surface area contributed by atoms with Crippen LogP contribution in [0.3, 0.4) is 0 Å². The van der Waals surface area contributed by atoms with E-state index in [9.17, 15) is 13.2 Å². The topological polar surface area (TPSA) is 84.9 Å². The molecule has 7 nitrogen and oxygen atoms in total. The highest BCUT2D eigenvalue weighted by atomic mass is 79.9. The van der Waals surface area contributed by atoms with Gasteiger partial charge in [0, 0.05) is 17.6 Å². The predicted molar refractivity (Wildman–Crippen MR) is 120 cm³/mol. The van der Waals surface area contributed by atoms with Gasteiger partial charge in [-0.2, -0.15) is 0 Å². The van der Waals surface area contributed by atoms with Gasteiger partial charge in [-0.05, 0) is 50.6 Å². The number of nitrogens with zero attached hydrogens (tertiary/aromatic N) is 1. The predicted octanol–water partition coefficient (Wildman–Crippen LogP) is 3.58. The lowest BCUT2D eigenvalue weighted by Crippen LogP contribution is -2.41. The van der Waals surface area contributed by atoms with E-state index in [2.05, 4.69) is 21.2 Å². The molecule has 0 saturated heterocycles. The van der Waals surface area contributed by atoms with E-state index in [4.69, 9.17) is 9.47 Å². The van der Waals surface area contributed by atoms with Crippen LogP contribution in [-0.2, 0) is 19.6 Å². The lowest BCUT2D eigenvalue weighted by Gasteiger charge is -2.25. The zero-order valence-corrected chi connectivity index (χ0v) is 19.7. The Morgan fingerprint density at radius 1 is 1.17 bits per heavy atom. The number of carbonyl (C=O) groups excluding carboxylic acids is 1. The number of amides is 1. The van der Waals surface area contributed by atoms with Crippen molar-refractivity contribution >= 4 is 37.5 Å². The van der Waals surface area contributed by atoms with Crippen molar-refractivity contribution in [2.24, 2.45) is 0 Å². The number of anilines is 1. The van der Waals surface area contributed by atoms with Crippen LogP contribution in [0.15, 0.2) is 57.9 Å². The Bertz CT molecular complexity index is 936. The Kier molecular flexibility index (Phi) is 9.13. The van der Waals surface area contributed by atoms with Gasteiger partial charge in [0.2, 0.25) is 5.91 Å². The molecule has 1 N–H and O–H groups in total. The molecule has 0 radical (unpaired) electrons. The van der Waals surface area contributed by atoms with E-state index < -0.39 is 15.9 Å². The van der Waals surface area contributed by atoms with Gasteiger partial charge in [0.1, 0.15) is 17.2 Å². The van der Waals surface area contributed by atoms with Gasteiger partial charge in [0.15, 0.2) is 0 Å². The summed E-state index contributed by atoms with van der Waals surface area (Å²) in [6.45, 7) is 4.45. The highest BCUT2D eigenvalue weighted by Crippen LogP contribution is 2.32. The van der Waals surface area contributed by atoms with Gasteiger partial charge in [-0.3, -0.25) is 9.10 Å². The lowest BCUT2D eigenvalue weighted by atomic mass is 10.3. The first kappa shape index (κ1) is 24.2. The number of halogens is 1. The molecule has 0 atom stereocenters. The number of nitrogens with one attached hydrogen (secondary N) is 1. The molecule has 0 aliphatic heterocycles. The molecule has 164 valence electrons. The van der Waals surface area contributed by atoms with Crippen molar-refractivity contribution in [3.05, 3.63) is 53.0 Å². The van der Waals surface area contributed by atoms with Gasteiger partial charge in [-0.15, -0.1) is 0 Å². The van der Waals surface area contributed by atoms with Crippen LogP contribution in [0.4, 0.5) is 5.69 Å². The van der Waals surface area contributed by atoms with Crippen molar-refractivity contribution in [2.75, 3.05) is 31.1 Å². The summed E-state index contributed by atoms with van der Waals surface area (Å²) in [4.78, 5) is 12.5. The van der Waals surface area contributed by atoms with E-state index in [1.54, 1.807) is 42.5 Å². The fraction of sp³-hybridized carbons (Fsp3) is 0.381. The first-order valence-electron chi connectivity index (χ1n) is 9.55. The number of benzene rings is 2. The molecule has 0 aromatic heterocycles. The quantitative estimate of drug-likeness (QED) is 0.478. The van der Waals surface area contributed by atoms with Crippen LogP contribution < -0.4 is 14.4 Å². The summed E-state index contributed by atoms with van der Waals surface area (Å²) in [7, 11) is -2.66. The molecular weight excluding hydrogens is 472 g/mol. The number of methoxy groups -OCH3 is 1. The Balaban J connectivity index is 2.24. The Morgan fingerprint density at radius 2 is 1.87 bits per heavy atom. The average Bonchev–Trinajstić information content (AvgIpc) is 2.72. The maximum Gasteiger partial charge on any atom is 0.268 e. The summed E-state index contributed by atoms with van der Waals surface area (Å²) in [6, 6.07) is 13.2. The van der Waals surface area contributed by atoms with E-state index in [1.165, 1.54) is 13.2 Å². The summed E-state index contributed by atoms with van der Waals surface area (Å²) in [5.74, 6) is -0.202. The number of para-hydroxylation sites is 1. The van der Waals surface area contributed by atoms with Crippen molar-refractivity contribution in [3.8, 4) is 5.75 Å². The normalized spacial score (nSPS) is 11.4. The number of ether oxygens (including phenoxy) is 2. The minimum Gasteiger partial charge on any atom is -0.495 e. The van der Waals surface area contributed by atoms with Crippen molar-refractivity contribution in [1.82, 2.24) is 5.32 Å². The highest BCUT2D eigenvalue weighted by molar-refractivity contribution is 9.10. The first-order chi connectivity index (χ1) is 14.3. The molecule has 0 aliphatic rings. The smallest absolute Gasteiger partial charge is 0.268 e. The summed E-state index contributed by atoms with van der Waals surface area (Å²) in [6.07, 6.45) is 0.765. The van der Waals surface area contributed by atoms with E-state index in [-0.39, 0.29) is 23.3 Å². The first-order valence-corrected chi connectivity index (χ1v) is 11.8. The minimum atomic E-state index is -4.07. The molecular formula is C21H27BrN2O5S. The number of sulfonamides is 1. The minimum absolute atomic E-state index is 0.0265. The van der Waals surface area contributed by atoms with Crippen molar-refractivity contribution < 1.29 is 22.7 Å². The summed E-state index contributed by atoms with van der Waals surface area (Å²) >= 11 is 3.30. The largest absolute Gasteiger partial charge is 0.495 e. The van der Waals surface area contributed by atoms with Gasteiger partial charge in [0.25, 0.3) is 10.0 Å².